The Morgan fingerprint density at radius 2 is 2.05 bits per heavy atom. The summed E-state index contributed by atoms with van der Waals surface area (Å²) >= 11 is 2.07. The molecule has 2 atom stereocenters. The molecule has 1 saturated heterocycles. The molecule has 2 unspecified atom stereocenters. The lowest BCUT2D eigenvalue weighted by atomic mass is 9.96. The molecule has 1 saturated carbocycles. The summed E-state index contributed by atoms with van der Waals surface area (Å²) in [5, 5.41) is 4.75. The maximum Gasteiger partial charge on any atom is 0.326 e. The van der Waals surface area contributed by atoms with E-state index in [1.807, 2.05) is 6.92 Å². The van der Waals surface area contributed by atoms with E-state index in [9.17, 15) is 4.79 Å². The number of hydrogen-bond donors (Lipinski definition) is 1. The second kappa shape index (κ2) is 7.84. The Labute approximate surface area is 132 Å². The van der Waals surface area contributed by atoms with Gasteiger partial charge in [0.25, 0.3) is 0 Å². The predicted molar refractivity (Wildman–Crippen MR) is 86.7 cm³/mol. The minimum absolute atomic E-state index is 0.0613. The Morgan fingerprint density at radius 1 is 1.33 bits per heavy atom. The second-order valence-electron chi connectivity index (χ2n) is 6.41. The zero-order valence-corrected chi connectivity index (χ0v) is 14.3. The molecule has 21 heavy (non-hydrogen) atoms. The highest BCUT2D eigenvalue weighted by Gasteiger charge is 2.47. The molecule has 2 fully saturated rings. The van der Waals surface area contributed by atoms with Gasteiger partial charge in [-0.05, 0) is 52.9 Å². The first kappa shape index (κ1) is 17.1. The van der Waals surface area contributed by atoms with E-state index in [0.29, 0.717) is 23.1 Å². The monoisotopic (exact) mass is 315 g/mol. The Morgan fingerprint density at radius 3 is 2.67 bits per heavy atom. The highest BCUT2D eigenvalue weighted by atomic mass is 32.2. The van der Waals surface area contributed by atoms with E-state index in [4.69, 9.17) is 9.47 Å². The average molecular weight is 315 g/mol. The largest absolute Gasteiger partial charge is 0.465 e. The fourth-order valence-corrected chi connectivity index (χ4v) is 5.04. The summed E-state index contributed by atoms with van der Waals surface area (Å²) < 4.78 is 10.8. The zero-order valence-electron chi connectivity index (χ0n) is 13.5. The molecule has 0 amide bonds. The number of esters is 1. The lowest BCUT2D eigenvalue weighted by molar-refractivity contribution is -0.151. The first-order valence-electron chi connectivity index (χ1n) is 8.24. The van der Waals surface area contributed by atoms with Gasteiger partial charge in [0, 0.05) is 29.8 Å². The smallest absolute Gasteiger partial charge is 0.326 e. The fraction of sp³-hybridized carbons (Fsp3) is 0.938. The van der Waals surface area contributed by atoms with Gasteiger partial charge in [-0.15, -0.1) is 0 Å². The van der Waals surface area contributed by atoms with Crippen molar-refractivity contribution in [2.45, 2.75) is 75.0 Å². The average Bonchev–Trinajstić information content (AvgIpc) is 2.83. The summed E-state index contributed by atoms with van der Waals surface area (Å²) in [7, 11) is 0. The van der Waals surface area contributed by atoms with Crippen molar-refractivity contribution in [1.82, 2.24) is 5.32 Å². The van der Waals surface area contributed by atoms with Crippen molar-refractivity contribution in [2.24, 2.45) is 0 Å². The molecule has 1 N–H and O–H groups in total. The van der Waals surface area contributed by atoms with E-state index >= 15 is 0 Å². The number of nitrogens with one attached hydrogen (secondary N) is 1. The van der Waals surface area contributed by atoms with Crippen LogP contribution in [0.2, 0.25) is 0 Å². The summed E-state index contributed by atoms with van der Waals surface area (Å²) in [6.07, 6.45) is 5.17. The Balaban J connectivity index is 1.94. The third kappa shape index (κ3) is 4.60. The number of carbonyl (C=O) groups excluding carboxylic acids is 1. The molecule has 0 aromatic carbocycles. The van der Waals surface area contributed by atoms with E-state index in [-0.39, 0.29) is 5.97 Å². The van der Waals surface area contributed by atoms with Crippen LogP contribution in [0.5, 0.6) is 0 Å². The van der Waals surface area contributed by atoms with Gasteiger partial charge in [-0.3, -0.25) is 10.1 Å². The summed E-state index contributed by atoms with van der Waals surface area (Å²) in [5.41, 5.74) is -0.465. The van der Waals surface area contributed by atoms with Crippen LogP contribution in [0, 0.1) is 0 Å². The second-order valence-corrected chi connectivity index (χ2v) is 8.02. The maximum absolute atomic E-state index is 12.4. The lowest BCUT2D eigenvalue weighted by Gasteiger charge is -2.31. The summed E-state index contributed by atoms with van der Waals surface area (Å²) in [6, 6.07) is 0.293. The molecular formula is C16H29NO3S. The molecule has 4 nitrogen and oxygen atoms in total. The van der Waals surface area contributed by atoms with Crippen molar-refractivity contribution in [2.75, 3.05) is 19.8 Å². The molecule has 0 bridgehead atoms. The third-order valence-electron chi connectivity index (χ3n) is 4.25. The standard InChI is InChI=1S/C16H29NO3S/c1-4-20-15(18)16(17-12(2)3)8-5-14(11-16)21-13-6-9-19-10-7-13/h12-14,17H,4-11H2,1-3H3. The maximum atomic E-state index is 12.4. The van der Waals surface area contributed by atoms with Crippen LogP contribution in [0.4, 0.5) is 0 Å². The van der Waals surface area contributed by atoms with Gasteiger partial charge in [0.15, 0.2) is 0 Å². The number of carbonyl (C=O) groups is 1. The minimum atomic E-state index is -0.465. The van der Waals surface area contributed by atoms with Crippen LogP contribution < -0.4 is 5.32 Å². The Kier molecular flexibility index (Phi) is 6.38. The van der Waals surface area contributed by atoms with Crippen molar-refractivity contribution in [3.05, 3.63) is 0 Å². The van der Waals surface area contributed by atoms with Crippen LogP contribution in [-0.4, -0.2) is 47.9 Å². The van der Waals surface area contributed by atoms with Crippen molar-refractivity contribution >= 4 is 17.7 Å². The van der Waals surface area contributed by atoms with Gasteiger partial charge < -0.3 is 9.47 Å². The summed E-state index contributed by atoms with van der Waals surface area (Å²) in [6.45, 7) is 8.30. The van der Waals surface area contributed by atoms with E-state index in [1.165, 1.54) is 0 Å². The first-order chi connectivity index (χ1) is 10.1. The lowest BCUT2D eigenvalue weighted by Crippen LogP contribution is -2.54. The van der Waals surface area contributed by atoms with Gasteiger partial charge in [0.1, 0.15) is 5.54 Å². The predicted octanol–water partition coefficient (Wildman–Crippen LogP) is 2.75. The highest BCUT2D eigenvalue weighted by Crippen LogP contribution is 2.41. The molecular weight excluding hydrogens is 286 g/mol. The van der Waals surface area contributed by atoms with Crippen LogP contribution in [0.15, 0.2) is 0 Å². The molecule has 122 valence electrons. The molecule has 0 spiro atoms. The molecule has 0 aromatic rings. The quantitative estimate of drug-likeness (QED) is 0.764. The minimum Gasteiger partial charge on any atom is -0.465 e. The summed E-state index contributed by atoms with van der Waals surface area (Å²) in [4.78, 5) is 12.4. The molecule has 2 aliphatic rings. The van der Waals surface area contributed by atoms with Crippen LogP contribution in [0.3, 0.4) is 0 Å². The van der Waals surface area contributed by atoms with Crippen molar-refractivity contribution in [3.8, 4) is 0 Å². The summed E-state index contributed by atoms with van der Waals surface area (Å²) in [5.74, 6) is -0.0613. The van der Waals surface area contributed by atoms with Crippen LogP contribution in [0.25, 0.3) is 0 Å². The number of hydrogen-bond acceptors (Lipinski definition) is 5. The van der Waals surface area contributed by atoms with E-state index in [2.05, 4.69) is 30.9 Å². The molecule has 0 radical (unpaired) electrons. The van der Waals surface area contributed by atoms with Crippen LogP contribution in [-0.2, 0) is 14.3 Å². The van der Waals surface area contributed by atoms with Crippen molar-refractivity contribution < 1.29 is 14.3 Å². The van der Waals surface area contributed by atoms with Gasteiger partial charge in [0.05, 0.1) is 6.61 Å². The Bertz CT molecular complexity index is 344. The van der Waals surface area contributed by atoms with Crippen LogP contribution in [0.1, 0.15) is 52.9 Å². The number of ether oxygens (including phenoxy) is 2. The van der Waals surface area contributed by atoms with Crippen molar-refractivity contribution in [1.29, 1.82) is 0 Å². The number of rotatable bonds is 6. The molecule has 1 aliphatic heterocycles. The van der Waals surface area contributed by atoms with E-state index in [1.54, 1.807) is 0 Å². The van der Waals surface area contributed by atoms with Gasteiger partial charge in [-0.1, -0.05) is 0 Å². The number of thioether (sulfide) groups is 1. The van der Waals surface area contributed by atoms with Crippen LogP contribution >= 0.6 is 11.8 Å². The molecule has 0 aromatic heterocycles. The highest BCUT2D eigenvalue weighted by molar-refractivity contribution is 8.00. The van der Waals surface area contributed by atoms with Gasteiger partial charge >= 0.3 is 5.97 Å². The zero-order chi connectivity index (χ0) is 15.3. The van der Waals surface area contributed by atoms with E-state index in [0.717, 1.165) is 45.3 Å². The third-order valence-corrected chi connectivity index (χ3v) is 5.90. The molecule has 2 rings (SSSR count). The molecule has 1 aliphatic carbocycles. The first-order valence-corrected chi connectivity index (χ1v) is 9.18. The molecule has 1 heterocycles. The normalized spacial score (nSPS) is 30.8. The van der Waals surface area contributed by atoms with Gasteiger partial charge in [-0.2, -0.15) is 11.8 Å². The Hall–Kier alpha value is -0.260. The topological polar surface area (TPSA) is 47.6 Å². The van der Waals surface area contributed by atoms with Gasteiger partial charge in [-0.25, -0.2) is 0 Å². The fourth-order valence-electron chi connectivity index (χ4n) is 3.40. The SMILES string of the molecule is CCOC(=O)C1(NC(C)C)CCC(SC2CCOCC2)C1. The van der Waals surface area contributed by atoms with Crippen molar-refractivity contribution in [3.63, 3.8) is 0 Å². The molecule has 5 heteroatoms. The van der Waals surface area contributed by atoms with Gasteiger partial charge in [0.2, 0.25) is 0 Å². The van der Waals surface area contributed by atoms with E-state index < -0.39 is 5.54 Å².